The lowest BCUT2D eigenvalue weighted by Crippen LogP contribution is -2.26. The zero-order valence-corrected chi connectivity index (χ0v) is 11.3. The lowest BCUT2D eigenvalue weighted by molar-refractivity contribution is -0.0890. The fourth-order valence-corrected chi connectivity index (χ4v) is 1.55. The van der Waals surface area contributed by atoms with Crippen molar-refractivity contribution < 1.29 is 18.9 Å². The van der Waals surface area contributed by atoms with Crippen molar-refractivity contribution in [3.05, 3.63) is 12.3 Å². The highest BCUT2D eigenvalue weighted by Gasteiger charge is 2.31. The Balaban J connectivity index is 2.06. The third kappa shape index (κ3) is 7.36. The lowest BCUT2D eigenvalue weighted by atomic mass is 10.0. The van der Waals surface area contributed by atoms with Crippen LogP contribution in [0.15, 0.2) is 12.3 Å². The predicted molar refractivity (Wildman–Crippen MR) is 65.7 cm³/mol. The quantitative estimate of drug-likeness (QED) is 0.355. The monoisotopic (exact) mass is 244 g/mol. The van der Waals surface area contributed by atoms with Gasteiger partial charge in [0.15, 0.2) is 6.29 Å². The van der Waals surface area contributed by atoms with E-state index in [9.17, 15) is 0 Å². The van der Waals surface area contributed by atoms with E-state index in [2.05, 4.69) is 13.8 Å². The fraction of sp³-hybridized carbons (Fsp3) is 0.846. The van der Waals surface area contributed by atoms with Crippen molar-refractivity contribution in [2.75, 3.05) is 19.8 Å². The summed E-state index contributed by atoms with van der Waals surface area (Å²) in [7, 11) is 0. The van der Waals surface area contributed by atoms with Crippen LogP contribution in [0.25, 0.3) is 0 Å². The van der Waals surface area contributed by atoms with E-state index in [1.165, 1.54) is 0 Å². The molecule has 0 aromatic heterocycles. The number of epoxide rings is 1. The summed E-state index contributed by atoms with van der Waals surface area (Å²) in [6.07, 6.45) is 4.61. The first kappa shape index (κ1) is 14.5. The number of hydrogen-bond acceptors (Lipinski definition) is 4. The molecule has 0 aliphatic carbocycles. The standard InChI is InChI=1S/C13H24O4/c1-5-14-11(2)15-7-6-8-17-13(3,4)9-12-10-16-12/h6-7,11-12H,5,8-10H2,1-4H3/b7-6-. The zero-order chi connectivity index (χ0) is 12.7. The van der Waals surface area contributed by atoms with Gasteiger partial charge in [-0.3, -0.25) is 0 Å². The van der Waals surface area contributed by atoms with Crippen molar-refractivity contribution in [3.8, 4) is 0 Å². The Kier molecular flexibility index (Phi) is 5.95. The van der Waals surface area contributed by atoms with Crippen LogP contribution in [-0.2, 0) is 18.9 Å². The molecule has 0 N–H and O–H groups in total. The first-order valence-electron chi connectivity index (χ1n) is 6.21. The van der Waals surface area contributed by atoms with Crippen LogP contribution in [0.1, 0.15) is 34.1 Å². The molecule has 0 amide bonds. The average molecular weight is 244 g/mol. The Morgan fingerprint density at radius 3 is 2.76 bits per heavy atom. The predicted octanol–water partition coefficient (Wildman–Crippen LogP) is 2.48. The molecule has 0 radical (unpaired) electrons. The molecule has 1 aliphatic heterocycles. The summed E-state index contributed by atoms with van der Waals surface area (Å²) < 4.78 is 21.4. The molecule has 4 nitrogen and oxygen atoms in total. The van der Waals surface area contributed by atoms with Gasteiger partial charge in [0.1, 0.15) is 0 Å². The molecule has 1 rings (SSSR count). The SMILES string of the molecule is CCOC(C)O/C=C\COC(C)(C)CC1CO1. The maximum Gasteiger partial charge on any atom is 0.196 e. The van der Waals surface area contributed by atoms with Gasteiger partial charge in [-0.05, 0) is 33.8 Å². The summed E-state index contributed by atoms with van der Waals surface area (Å²) in [6.45, 7) is 10.0. The molecule has 0 spiro atoms. The number of rotatable bonds is 9. The summed E-state index contributed by atoms with van der Waals surface area (Å²) in [5, 5.41) is 0. The summed E-state index contributed by atoms with van der Waals surface area (Å²) in [4.78, 5) is 0. The van der Waals surface area contributed by atoms with E-state index in [1.54, 1.807) is 6.26 Å². The molecule has 2 atom stereocenters. The van der Waals surface area contributed by atoms with Crippen molar-refractivity contribution in [1.29, 1.82) is 0 Å². The highest BCUT2D eigenvalue weighted by atomic mass is 16.7. The topological polar surface area (TPSA) is 40.2 Å². The van der Waals surface area contributed by atoms with E-state index in [4.69, 9.17) is 18.9 Å². The molecular formula is C13H24O4. The van der Waals surface area contributed by atoms with Crippen LogP contribution in [-0.4, -0.2) is 37.8 Å². The van der Waals surface area contributed by atoms with Gasteiger partial charge in [-0.15, -0.1) is 0 Å². The van der Waals surface area contributed by atoms with Crippen molar-refractivity contribution in [2.24, 2.45) is 0 Å². The Morgan fingerprint density at radius 2 is 2.18 bits per heavy atom. The van der Waals surface area contributed by atoms with Crippen LogP contribution < -0.4 is 0 Å². The highest BCUT2D eigenvalue weighted by molar-refractivity contribution is 4.82. The van der Waals surface area contributed by atoms with E-state index >= 15 is 0 Å². The van der Waals surface area contributed by atoms with E-state index in [0.29, 0.717) is 19.3 Å². The molecule has 0 aromatic carbocycles. The summed E-state index contributed by atoms with van der Waals surface area (Å²) in [5.74, 6) is 0. The first-order chi connectivity index (χ1) is 8.03. The molecule has 17 heavy (non-hydrogen) atoms. The van der Waals surface area contributed by atoms with Gasteiger partial charge in [-0.2, -0.15) is 0 Å². The van der Waals surface area contributed by atoms with Gasteiger partial charge in [-0.1, -0.05) is 0 Å². The van der Waals surface area contributed by atoms with Crippen molar-refractivity contribution >= 4 is 0 Å². The van der Waals surface area contributed by atoms with Gasteiger partial charge in [0.05, 0.1) is 31.2 Å². The van der Waals surface area contributed by atoms with Crippen LogP contribution in [0, 0.1) is 0 Å². The number of ether oxygens (including phenoxy) is 4. The smallest absolute Gasteiger partial charge is 0.196 e. The van der Waals surface area contributed by atoms with Gasteiger partial charge in [0.2, 0.25) is 0 Å². The molecule has 0 bridgehead atoms. The van der Waals surface area contributed by atoms with Gasteiger partial charge in [-0.25, -0.2) is 0 Å². The van der Waals surface area contributed by atoms with Gasteiger partial charge in [0.25, 0.3) is 0 Å². The molecule has 0 saturated carbocycles. The zero-order valence-electron chi connectivity index (χ0n) is 11.3. The second kappa shape index (κ2) is 6.99. The Labute approximate surface area is 104 Å². The van der Waals surface area contributed by atoms with E-state index < -0.39 is 0 Å². The van der Waals surface area contributed by atoms with E-state index in [0.717, 1.165) is 13.0 Å². The maximum atomic E-state index is 5.73. The van der Waals surface area contributed by atoms with Crippen molar-refractivity contribution in [1.82, 2.24) is 0 Å². The van der Waals surface area contributed by atoms with Gasteiger partial charge < -0.3 is 18.9 Å². The summed E-state index contributed by atoms with van der Waals surface area (Å²) in [5.41, 5.74) is -0.142. The Hall–Kier alpha value is -0.580. The molecule has 1 fully saturated rings. The van der Waals surface area contributed by atoms with Crippen LogP contribution >= 0.6 is 0 Å². The minimum absolute atomic E-state index is 0.142. The normalized spacial score (nSPS) is 21.8. The summed E-state index contributed by atoms with van der Waals surface area (Å²) in [6, 6.07) is 0. The van der Waals surface area contributed by atoms with Crippen LogP contribution in [0.2, 0.25) is 0 Å². The third-order valence-corrected chi connectivity index (χ3v) is 2.46. The van der Waals surface area contributed by atoms with Crippen molar-refractivity contribution in [3.63, 3.8) is 0 Å². The van der Waals surface area contributed by atoms with Crippen LogP contribution in [0.3, 0.4) is 0 Å². The van der Waals surface area contributed by atoms with Crippen molar-refractivity contribution in [2.45, 2.75) is 52.1 Å². The Morgan fingerprint density at radius 1 is 1.47 bits per heavy atom. The molecule has 1 heterocycles. The van der Waals surface area contributed by atoms with Crippen LogP contribution in [0.4, 0.5) is 0 Å². The van der Waals surface area contributed by atoms with E-state index in [1.807, 2.05) is 19.9 Å². The minimum Gasteiger partial charge on any atom is -0.473 e. The average Bonchev–Trinajstić information content (AvgIpc) is 3.00. The largest absolute Gasteiger partial charge is 0.473 e. The third-order valence-electron chi connectivity index (χ3n) is 2.46. The molecule has 100 valence electrons. The number of hydrogen-bond donors (Lipinski definition) is 0. The first-order valence-corrected chi connectivity index (χ1v) is 6.21. The molecular weight excluding hydrogens is 220 g/mol. The molecule has 0 aromatic rings. The minimum atomic E-state index is -0.205. The van der Waals surface area contributed by atoms with Gasteiger partial charge >= 0.3 is 0 Å². The highest BCUT2D eigenvalue weighted by Crippen LogP contribution is 2.24. The lowest BCUT2D eigenvalue weighted by Gasteiger charge is -2.23. The van der Waals surface area contributed by atoms with E-state index in [-0.39, 0.29) is 11.9 Å². The molecule has 1 aliphatic rings. The van der Waals surface area contributed by atoms with Crippen LogP contribution in [0.5, 0.6) is 0 Å². The second-order valence-electron chi connectivity index (χ2n) is 4.76. The maximum absolute atomic E-state index is 5.73. The molecule has 4 heteroatoms. The van der Waals surface area contributed by atoms with Gasteiger partial charge in [0, 0.05) is 13.0 Å². The fourth-order valence-electron chi connectivity index (χ4n) is 1.55. The second-order valence-corrected chi connectivity index (χ2v) is 4.76. The molecule has 1 saturated heterocycles. The Bertz CT molecular complexity index is 234. The molecule has 2 unspecified atom stereocenters. The summed E-state index contributed by atoms with van der Waals surface area (Å²) >= 11 is 0.